The first-order valence-electron chi connectivity index (χ1n) is 9.98. The van der Waals surface area contributed by atoms with E-state index in [4.69, 9.17) is 4.74 Å². The predicted molar refractivity (Wildman–Crippen MR) is 110 cm³/mol. The normalized spacial score (nSPS) is 18.6. The Morgan fingerprint density at radius 1 is 1.30 bits per heavy atom. The van der Waals surface area contributed by atoms with Crippen molar-refractivity contribution in [2.75, 3.05) is 33.8 Å². The smallest absolute Gasteiger partial charge is 0.243 e. The van der Waals surface area contributed by atoms with Crippen molar-refractivity contribution >= 4 is 11.9 Å². The second-order valence-electron chi connectivity index (χ2n) is 7.29. The van der Waals surface area contributed by atoms with E-state index in [0.717, 1.165) is 26.0 Å². The van der Waals surface area contributed by atoms with E-state index in [9.17, 15) is 4.79 Å². The second-order valence-corrected chi connectivity index (χ2v) is 7.29. The van der Waals surface area contributed by atoms with E-state index in [1.807, 2.05) is 18.2 Å². The highest BCUT2D eigenvalue weighted by molar-refractivity contribution is 5.85. The molecule has 0 saturated carbocycles. The lowest BCUT2D eigenvalue weighted by molar-refractivity contribution is -0.127. The lowest BCUT2D eigenvalue weighted by atomic mass is 10.0. The van der Waals surface area contributed by atoms with Crippen LogP contribution in [0.25, 0.3) is 0 Å². The van der Waals surface area contributed by atoms with E-state index in [0.29, 0.717) is 12.1 Å². The molecule has 2 N–H and O–H groups in total. The number of ether oxygens (including phenoxy) is 1. The molecule has 150 valence electrons. The monoisotopic (exact) mass is 374 g/mol. The van der Waals surface area contributed by atoms with Crippen molar-refractivity contribution < 1.29 is 9.53 Å². The molecule has 27 heavy (non-hydrogen) atoms. The van der Waals surface area contributed by atoms with Crippen LogP contribution in [-0.4, -0.2) is 56.7 Å². The number of benzene rings is 1. The number of hydrogen-bond acceptors (Lipinski definition) is 3. The Morgan fingerprint density at radius 2 is 2.07 bits per heavy atom. The van der Waals surface area contributed by atoms with Crippen LogP contribution in [0.3, 0.4) is 0 Å². The Morgan fingerprint density at radius 3 is 2.74 bits per heavy atom. The lowest BCUT2D eigenvalue weighted by Crippen LogP contribution is -2.40. The molecule has 2 rings (SSSR count). The van der Waals surface area contributed by atoms with E-state index in [-0.39, 0.29) is 18.5 Å². The fourth-order valence-corrected chi connectivity index (χ4v) is 3.04. The Labute approximate surface area is 163 Å². The van der Waals surface area contributed by atoms with Gasteiger partial charge >= 0.3 is 0 Å². The molecule has 0 bridgehead atoms. The fourth-order valence-electron chi connectivity index (χ4n) is 3.04. The Balaban J connectivity index is 1.86. The molecule has 2 atom stereocenters. The molecule has 2 unspecified atom stereocenters. The molecular formula is C21H34N4O2. The average Bonchev–Trinajstić information content (AvgIpc) is 2.70. The van der Waals surface area contributed by atoms with Gasteiger partial charge in [-0.25, -0.2) is 4.99 Å². The molecule has 1 heterocycles. The third kappa shape index (κ3) is 7.99. The van der Waals surface area contributed by atoms with E-state index in [2.05, 4.69) is 34.7 Å². The van der Waals surface area contributed by atoms with Crippen LogP contribution >= 0.6 is 0 Å². The van der Waals surface area contributed by atoms with Crippen LogP contribution in [0, 0.1) is 0 Å². The fraction of sp³-hybridized carbons (Fsp3) is 0.619. The van der Waals surface area contributed by atoms with Gasteiger partial charge in [-0.15, -0.1) is 0 Å². The molecule has 1 fully saturated rings. The molecule has 1 aliphatic heterocycles. The zero-order valence-electron chi connectivity index (χ0n) is 16.9. The molecule has 0 aromatic heterocycles. The van der Waals surface area contributed by atoms with Gasteiger partial charge in [0.05, 0.1) is 12.1 Å². The van der Waals surface area contributed by atoms with Crippen molar-refractivity contribution in [2.24, 2.45) is 4.99 Å². The van der Waals surface area contributed by atoms with Crippen molar-refractivity contribution in [3.63, 3.8) is 0 Å². The third-order valence-corrected chi connectivity index (χ3v) is 4.79. The van der Waals surface area contributed by atoms with Crippen LogP contribution in [0.5, 0.6) is 0 Å². The summed E-state index contributed by atoms with van der Waals surface area (Å²) in [4.78, 5) is 17.9. The number of carbonyl (C=O) groups is 1. The summed E-state index contributed by atoms with van der Waals surface area (Å²) in [6, 6.07) is 10.3. The first kappa shape index (κ1) is 21.2. The molecule has 0 spiro atoms. The van der Waals surface area contributed by atoms with Crippen LogP contribution in [0.2, 0.25) is 0 Å². The lowest BCUT2D eigenvalue weighted by Gasteiger charge is -2.23. The predicted octanol–water partition coefficient (Wildman–Crippen LogP) is 2.72. The summed E-state index contributed by atoms with van der Waals surface area (Å²) in [6.07, 6.45) is 6.10. The van der Waals surface area contributed by atoms with Crippen LogP contribution in [-0.2, 0) is 9.53 Å². The molecule has 0 aliphatic carbocycles. The van der Waals surface area contributed by atoms with E-state index in [1.165, 1.54) is 24.8 Å². The number of carbonyl (C=O) groups excluding carboxylic acids is 1. The molecule has 6 nitrogen and oxygen atoms in total. The number of aliphatic imine (C=N–C) groups is 1. The van der Waals surface area contributed by atoms with Gasteiger partial charge in [-0.05, 0) is 44.6 Å². The highest BCUT2D eigenvalue weighted by Crippen LogP contribution is 2.16. The maximum atomic E-state index is 11.9. The van der Waals surface area contributed by atoms with Crippen LogP contribution in [0.15, 0.2) is 35.3 Å². The molecule has 1 aromatic rings. The summed E-state index contributed by atoms with van der Waals surface area (Å²) < 4.78 is 5.79. The summed E-state index contributed by atoms with van der Waals surface area (Å²) in [6.45, 7) is 3.93. The van der Waals surface area contributed by atoms with Gasteiger partial charge in [0.15, 0.2) is 5.96 Å². The molecular weight excluding hydrogens is 340 g/mol. The van der Waals surface area contributed by atoms with Gasteiger partial charge in [0.2, 0.25) is 5.91 Å². The minimum absolute atomic E-state index is 0.0148. The number of nitrogens with one attached hydrogen (secondary N) is 2. The topological polar surface area (TPSA) is 66.0 Å². The number of hydrogen-bond donors (Lipinski definition) is 2. The van der Waals surface area contributed by atoms with Gasteiger partial charge in [0.1, 0.15) is 6.54 Å². The van der Waals surface area contributed by atoms with Crippen molar-refractivity contribution in [2.45, 2.75) is 51.2 Å². The largest absolute Gasteiger partial charge is 0.378 e. The van der Waals surface area contributed by atoms with Gasteiger partial charge in [-0.2, -0.15) is 0 Å². The molecule has 0 radical (unpaired) electrons. The van der Waals surface area contributed by atoms with E-state index >= 15 is 0 Å². The highest BCUT2D eigenvalue weighted by Gasteiger charge is 2.14. The molecule has 1 amide bonds. The van der Waals surface area contributed by atoms with Crippen molar-refractivity contribution in [3.8, 4) is 0 Å². The standard InChI is InChI=1S/C21H34N4O2/c1-17(18-10-5-4-6-11-18)24-21(23-16-20(26)25(2)3)22-14-9-13-19-12-7-8-15-27-19/h4-6,10-11,17,19H,7-9,12-16H2,1-3H3,(H2,22,23,24). The molecule has 1 aliphatic rings. The Kier molecular flexibility index (Phi) is 9.11. The van der Waals surface area contributed by atoms with Gasteiger partial charge < -0.3 is 20.3 Å². The quantitative estimate of drug-likeness (QED) is 0.417. The Bertz CT molecular complexity index is 583. The van der Waals surface area contributed by atoms with Gasteiger partial charge in [-0.3, -0.25) is 4.79 Å². The van der Waals surface area contributed by atoms with Gasteiger partial charge in [0.25, 0.3) is 0 Å². The van der Waals surface area contributed by atoms with Gasteiger partial charge in [0, 0.05) is 27.2 Å². The SMILES string of the molecule is CC(NC(=NCC(=O)N(C)C)NCCCC1CCCCO1)c1ccccc1. The number of likely N-dealkylation sites (N-methyl/N-ethyl adjacent to an activating group) is 1. The van der Waals surface area contributed by atoms with Crippen molar-refractivity contribution in [1.82, 2.24) is 15.5 Å². The minimum Gasteiger partial charge on any atom is -0.378 e. The second kappa shape index (κ2) is 11.6. The summed E-state index contributed by atoms with van der Waals surface area (Å²) in [5, 5.41) is 6.77. The van der Waals surface area contributed by atoms with Crippen molar-refractivity contribution in [3.05, 3.63) is 35.9 Å². The number of rotatable bonds is 8. The van der Waals surface area contributed by atoms with Crippen LogP contribution in [0.1, 0.15) is 50.6 Å². The first-order valence-corrected chi connectivity index (χ1v) is 9.98. The van der Waals surface area contributed by atoms with Crippen molar-refractivity contribution in [1.29, 1.82) is 0 Å². The maximum absolute atomic E-state index is 11.9. The molecule has 1 aromatic carbocycles. The van der Waals surface area contributed by atoms with E-state index in [1.54, 1.807) is 19.0 Å². The molecule has 6 heteroatoms. The van der Waals surface area contributed by atoms with Gasteiger partial charge in [-0.1, -0.05) is 30.3 Å². The van der Waals surface area contributed by atoms with Crippen LogP contribution < -0.4 is 10.6 Å². The highest BCUT2D eigenvalue weighted by atomic mass is 16.5. The number of guanidine groups is 1. The minimum atomic E-state index is -0.0148. The number of nitrogens with zero attached hydrogens (tertiary/aromatic N) is 2. The van der Waals surface area contributed by atoms with Crippen LogP contribution in [0.4, 0.5) is 0 Å². The summed E-state index contributed by atoms with van der Waals surface area (Å²) in [5.74, 6) is 0.658. The number of amides is 1. The summed E-state index contributed by atoms with van der Waals surface area (Å²) >= 11 is 0. The zero-order chi connectivity index (χ0) is 19.5. The maximum Gasteiger partial charge on any atom is 0.243 e. The van der Waals surface area contributed by atoms with E-state index < -0.39 is 0 Å². The zero-order valence-corrected chi connectivity index (χ0v) is 16.9. The Hall–Kier alpha value is -2.08. The summed E-state index contributed by atoms with van der Waals surface area (Å²) in [5.41, 5.74) is 1.18. The first-order chi connectivity index (χ1) is 13.1. The molecule has 1 saturated heterocycles. The average molecular weight is 375 g/mol. The third-order valence-electron chi connectivity index (χ3n) is 4.79. The summed E-state index contributed by atoms with van der Waals surface area (Å²) in [7, 11) is 3.49.